The molecule has 0 aliphatic carbocycles. The first-order valence-corrected chi connectivity index (χ1v) is 6.86. The standard InChI is InChI=1S/C15H20N4/c1-19-10-2-3-14(11-19)17-13-6-4-12(5-7-13)15-8-9-16-18-15/h4-9,14,17H,2-3,10-11H2,1H3,(H,16,18). The molecule has 100 valence electrons. The van der Waals surface area contributed by atoms with Gasteiger partial charge in [-0.05, 0) is 50.2 Å². The number of likely N-dealkylation sites (N-methyl/N-ethyl adjacent to an activating group) is 1. The normalized spacial score (nSPS) is 20.4. The van der Waals surface area contributed by atoms with E-state index < -0.39 is 0 Å². The van der Waals surface area contributed by atoms with E-state index in [1.807, 2.05) is 6.07 Å². The van der Waals surface area contributed by atoms with Gasteiger partial charge in [-0.15, -0.1) is 0 Å². The minimum Gasteiger partial charge on any atom is -0.381 e. The van der Waals surface area contributed by atoms with Gasteiger partial charge in [0.25, 0.3) is 0 Å². The Bertz CT molecular complexity index is 503. The molecule has 4 heteroatoms. The van der Waals surface area contributed by atoms with E-state index in [2.05, 4.69) is 51.7 Å². The van der Waals surface area contributed by atoms with Crippen LogP contribution in [0.25, 0.3) is 11.3 Å². The maximum Gasteiger partial charge on any atom is 0.0650 e. The smallest absolute Gasteiger partial charge is 0.0650 e. The van der Waals surface area contributed by atoms with Crippen LogP contribution in [0, 0.1) is 0 Å². The van der Waals surface area contributed by atoms with E-state index in [1.54, 1.807) is 6.20 Å². The van der Waals surface area contributed by atoms with Crippen molar-refractivity contribution in [2.45, 2.75) is 18.9 Å². The molecule has 19 heavy (non-hydrogen) atoms. The predicted octanol–water partition coefficient (Wildman–Crippen LogP) is 2.58. The highest BCUT2D eigenvalue weighted by Gasteiger charge is 2.16. The van der Waals surface area contributed by atoms with E-state index >= 15 is 0 Å². The van der Waals surface area contributed by atoms with E-state index in [4.69, 9.17) is 0 Å². The van der Waals surface area contributed by atoms with Crippen molar-refractivity contribution >= 4 is 5.69 Å². The van der Waals surface area contributed by atoms with Crippen molar-refractivity contribution in [1.82, 2.24) is 15.1 Å². The molecule has 1 aromatic carbocycles. The van der Waals surface area contributed by atoms with Crippen LogP contribution in [0.3, 0.4) is 0 Å². The molecule has 0 bridgehead atoms. The summed E-state index contributed by atoms with van der Waals surface area (Å²) in [5.74, 6) is 0. The fourth-order valence-electron chi connectivity index (χ4n) is 2.68. The molecule has 1 aromatic heterocycles. The third-order valence-corrected chi connectivity index (χ3v) is 3.69. The number of H-pyrrole nitrogens is 1. The van der Waals surface area contributed by atoms with Crippen LogP contribution in [-0.4, -0.2) is 41.3 Å². The lowest BCUT2D eigenvalue weighted by molar-refractivity contribution is 0.261. The van der Waals surface area contributed by atoms with Crippen LogP contribution < -0.4 is 5.32 Å². The minimum atomic E-state index is 0.566. The number of benzene rings is 1. The topological polar surface area (TPSA) is 44.0 Å². The van der Waals surface area contributed by atoms with Gasteiger partial charge in [-0.2, -0.15) is 5.10 Å². The van der Waals surface area contributed by atoms with E-state index in [9.17, 15) is 0 Å². The number of nitrogens with one attached hydrogen (secondary N) is 2. The zero-order valence-electron chi connectivity index (χ0n) is 11.3. The lowest BCUT2D eigenvalue weighted by Crippen LogP contribution is -2.39. The SMILES string of the molecule is CN1CCCC(Nc2ccc(-c3ccn[nH]3)cc2)C1. The Labute approximate surface area is 113 Å². The van der Waals surface area contributed by atoms with Gasteiger partial charge in [0.05, 0.1) is 5.69 Å². The van der Waals surface area contributed by atoms with Crippen molar-refractivity contribution in [3.8, 4) is 11.3 Å². The summed E-state index contributed by atoms with van der Waals surface area (Å²) in [6.07, 6.45) is 4.31. The molecule has 2 N–H and O–H groups in total. The third kappa shape index (κ3) is 2.96. The third-order valence-electron chi connectivity index (χ3n) is 3.69. The van der Waals surface area contributed by atoms with Crippen LogP contribution in [0.1, 0.15) is 12.8 Å². The number of rotatable bonds is 3. The molecular weight excluding hydrogens is 236 g/mol. The van der Waals surface area contributed by atoms with Gasteiger partial charge in [0, 0.05) is 24.5 Å². The largest absolute Gasteiger partial charge is 0.381 e. The Hall–Kier alpha value is -1.81. The first kappa shape index (κ1) is 12.2. The molecule has 4 nitrogen and oxygen atoms in total. The Balaban J connectivity index is 1.66. The number of piperidine rings is 1. The van der Waals surface area contributed by atoms with Crippen molar-refractivity contribution < 1.29 is 0 Å². The number of likely N-dealkylation sites (tertiary alicyclic amines) is 1. The maximum atomic E-state index is 3.98. The summed E-state index contributed by atoms with van der Waals surface area (Å²) < 4.78 is 0. The number of aromatic nitrogens is 2. The second-order valence-corrected chi connectivity index (χ2v) is 5.29. The highest BCUT2D eigenvalue weighted by molar-refractivity contribution is 5.62. The average molecular weight is 256 g/mol. The van der Waals surface area contributed by atoms with Gasteiger partial charge in [-0.1, -0.05) is 12.1 Å². The molecule has 0 spiro atoms. The highest BCUT2D eigenvalue weighted by atomic mass is 15.1. The molecule has 2 aromatic rings. The predicted molar refractivity (Wildman–Crippen MR) is 78.2 cm³/mol. The van der Waals surface area contributed by atoms with E-state index in [1.165, 1.54) is 30.6 Å². The highest BCUT2D eigenvalue weighted by Crippen LogP contribution is 2.20. The molecule has 1 unspecified atom stereocenters. The van der Waals surface area contributed by atoms with Crippen molar-refractivity contribution in [3.05, 3.63) is 36.5 Å². The minimum absolute atomic E-state index is 0.566. The van der Waals surface area contributed by atoms with Crippen molar-refractivity contribution in [1.29, 1.82) is 0 Å². The van der Waals surface area contributed by atoms with Gasteiger partial charge in [0.1, 0.15) is 0 Å². The molecule has 0 amide bonds. The maximum absolute atomic E-state index is 3.98. The molecule has 1 aliphatic heterocycles. The second-order valence-electron chi connectivity index (χ2n) is 5.29. The van der Waals surface area contributed by atoms with Crippen LogP contribution in [0.2, 0.25) is 0 Å². The van der Waals surface area contributed by atoms with Crippen molar-refractivity contribution in [2.24, 2.45) is 0 Å². The molecule has 1 aliphatic rings. The summed E-state index contributed by atoms with van der Waals surface area (Å²) in [5.41, 5.74) is 3.43. The first-order chi connectivity index (χ1) is 9.31. The average Bonchev–Trinajstić information content (AvgIpc) is 2.94. The zero-order valence-corrected chi connectivity index (χ0v) is 11.3. The first-order valence-electron chi connectivity index (χ1n) is 6.86. The van der Waals surface area contributed by atoms with Gasteiger partial charge < -0.3 is 10.2 Å². The second kappa shape index (κ2) is 5.45. The molecule has 1 saturated heterocycles. The number of hydrogen-bond acceptors (Lipinski definition) is 3. The van der Waals surface area contributed by atoms with Crippen LogP contribution in [0.15, 0.2) is 36.5 Å². The van der Waals surface area contributed by atoms with Crippen LogP contribution in [0.4, 0.5) is 5.69 Å². The number of hydrogen-bond donors (Lipinski definition) is 2. The molecule has 2 heterocycles. The Morgan fingerprint density at radius 2 is 2.11 bits per heavy atom. The van der Waals surface area contributed by atoms with Gasteiger partial charge in [-0.3, -0.25) is 5.10 Å². The molecule has 3 rings (SSSR count). The zero-order chi connectivity index (χ0) is 13.1. The monoisotopic (exact) mass is 256 g/mol. The molecule has 1 atom stereocenters. The van der Waals surface area contributed by atoms with Crippen molar-refractivity contribution in [2.75, 3.05) is 25.5 Å². The molecule has 0 radical (unpaired) electrons. The summed E-state index contributed by atoms with van der Waals surface area (Å²) in [7, 11) is 2.19. The summed E-state index contributed by atoms with van der Waals surface area (Å²) in [6.45, 7) is 2.35. The van der Waals surface area contributed by atoms with Crippen molar-refractivity contribution in [3.63, 3.8) is 0 Å². The van der Waals surface area contributed by atoms with E-state index in [0.717, 1.165) is 12.2 Å². The summed E-state index contributed by atoms with van der Waals surface area (Å²) in [5, 5.41) is 10.6. The lowest BCUT2D eigenvalue weighted by Gasteiger charge is -2.30. The van der Waals surface area contributed by atoms with Gasteiger partial charge in [-0.25, -0.2) is 0 Å². The Kier molecular flexibility index (Phi) is 3.51. The van der Waals surface area contributed by atoms with Gasteiger partial charge in [0.15, 0.2) is 0 Å². The van der Waals surface area contributed by atoms with E-state index in [0.29, 0.717) is 6.04 Å². The number of nitrogens with zero attached hydrogens (tertiary/aromatic N) is 2. The van der Waals surface area contributed by atoms with Crippen LogP contribution in [-0.2, 0) is 0 Å². The van der Waals surface area contributed by atoms with Crippen LogP contribution >= 0.6 is 0 Å². The quantitative estimate of drug-likeness (QED) is 0.887. The summed E-state index contributed by atoms with van der Waals surface area (Å²) in [4.78, 5) is 2.39. The molecular formula is C15H20N4. The lowest BCUT2D eigenvalue weighted by atomic mass is 10.1. The number of aromatic amines is 1. The Morgan fingerprint density at radius 1 is 1.26 bits per heavy atom. The summed E-state index contributed by atoms with van der Waals surface area (Å²) >= 11 is 0. The fraction of sp³-hybridized carbons (Fsp3) is 0.400. The Morgan fingerprint density at radius 3 is 2.79 bits per heavy atom. The van der Waals surface area contributed by atoms with Crippen LogP contribution in [0.5, 0.6) is 0 Å². The fourth-order valence-corrected chi connectivity index (χ4v) is 2.68. The van der Waals surface area contributed by atoms with E-state index in [-0.39, 0.29) is 0 Å². The number of anilines is 1. The molecule has 0 saturated carbocycles. The molecule has 1 fully saturated rings. The summed E-state index contributed by atoms with van der Waals surface area (Å²) in [6, 6.07) is 11.1. The van der Waals surface area contributed by atoms with Gasteiger partial charge >= 0.3 is 0 Å². The van der Waals surface area contributed by atoms with Gasteiger partial charge in [0.2, 0.25) is 0 Å².